The molecule has 33 heavy (non-hydrogen) atoms. The Morgan fingerprint density at radius 3 is 2.39 bits per heavy atom. The van der Waals surface area contributed by atoms with Gasteiger partial charge in [-0.05, 0) is 48.2 Å². The van der Waals surface area contributed by atoms with Crippen LogP contribution in [0.4, 0.5) is 0 Å². The normalized spacial score (nSPS) is 11.5. The van der Waals surface area contributed by atoms with E-state index < -0.39 is 6.04 Å². The van der Waals surface area contributed by atoms with E-state index in [2.05, 4.69) is 5.32 Å². The molecule has 0 radical (unpaired) electrons. The molecule has 0 fully saturated rings. The number of hydrogen-bond acceptors (Lipinski definition) is 3. The van der Waals surface area contributed by atoms with Crippen molar-refractivity contribution in [1.29, 1.82) is 0 Å². The van der Waals surface area contributed by atoms with E-state index in [0.717, 1.165) is 22.3 Å². The van der Waals surface area contributed by atoms with Crippen LogP contribution in [0.15, 0.2) is 72.8 Å². The molecule has 0 aliphatic rings. The Morgan fingerprint density at radius 2 is 1.70 bits per heavy atom. The van der Waals surface area contributed by atoms with E-state index in [9.17, 15) is 9.59 Å². The van der Waals surface area contributed by atoms with E-state index >= 15 is 0 Å². The van der Waals surface area contributed by atoms with Gasteiger partial charge in [-0.15, -0.1) is 0 Å². The number of carbonyl (C=O) groups is 2. The molecule has 3 aromatic rings. The number of nitrogens with zero attached hydrogens (tertiary/aromatic N) is 1. The van der Waals surface area contributed by atoms with Gasteiger partial charge < -0.3 is 15.0 Å². The molecule has 0 saturated heterocycles. The Kier molecular flexibility index (Phi) is 8.50. The largest absolute Gasteiger partial charge is 0.483 e. The molecule has 0 aromatic heterocycles. The zero-order chi connectivity index (χ0) is 23.8. The van der Waals surface area contributed by atoms with Crippen molar-refractivity contribution >= 4 is 23.4 Å². The van der Waals surface area contributed by atoms with E-state index in [-0.39, 0.29) is 25.0 Å². The molecule has 0 spiro atoms. The molecule has 3 rings (SSSR count). The third-order valence-corrected chi connectivity index (χ3v) is 5.88. The Morgan fingerprint density at radius 1 is 1.00 bits per heavy atom. The summed E-state index contributed by atoms with van der Waals surface area (Å²) in [6.45, 7) is 3.92. The smallest absolute Gasteiger partial charge is 0.261 e. The van der Waals surface area contributed by atoms with E-state index in [0.29, 0.717) is 17.2 Å². The van der Waals surface area contributed by atoms with Crippen molar-refractivity contribution in [3.8, 4) is 5.75 Å². The third-order valence-electron chi connectivity index (χ3n) is 5.51. The molecule has 2 amide bonds. The van der Waals surface area contributed by atoms with Crippen molar-refractivity contribution in [2.75, 3.05) is 13.7 Å². The summed E-state index contributed by atoms with van der Waals surface area (Å²) in [6, 6.07) is 22.1. The lowest BCUT2D eigenvalue weighted by Crippen LogP contribution is -2.51. The lowest BCUT2D eigenvalue weighted by atomic mass is 10.0. The first-order valence-corrected chi connectivity index (χ1v) is 11.2. The molecule has 0 bridgehead atoms. The summed E-state index contributed by atoms with van der Waals surface area (Å²) in [5.41, 5.74) is 3.71. The van der Waals surface area contributed by atoms with Crippen LogP contribution in [0.3, 0.4) is 0 Å². The number of ether oxygens (including phenoxy) is 1. The summed E-state index contributed by atoms with van der Waals surface area (Å²) in [5.74, 6) is 0.118. The predicted octanol–water partition coefficient (Wildman–Crippen LogP) is 4.72. The molecule has 6 heteroatoms. The average Bonchev–Trinajstić information content (AvgIpc) is 2.83. The predicted molar refractivity (Wildman–Crippen MR) is 131 cm³/mol. The topological polar surface area (TPSA) is 58.6 Å². The Balaban J connectivity index is 1.90. The van der Waals surface area contributed by atoms with E-state index in [1.165, 1.54) is 0 Å². The van der Waals surface area contributed by atoms with Gasteiger partial charge in [-0.1, -0.05) is 72.3 Å². The van der Waals surface area contributed by atoms with E-state index in [1.54, 1.807) is 18.0 Å². The van der Waals surface area contributed by atoms with Crippen LogP contribution in [0.25, 0.3) is 0 Å². The minimum absolute atomic E-state index is 0.184. The first-order valence-electron chi connectivity index (χ1n) is 10.9. The number of aryl methyl sites for hydroxylation is 2. The highest BCUT2D eigenvalue weighted by Gasteiger charge is 2.30. The standard InChI is InChI=1S/C27H29ClN2O3/c1-19-13-14-20(2)25(15-19)33-18-26(31)30(17-22-11-7-8-12-23(22)28)24(27(32)29-3)16-21-9-5-4-6-10-21/h4-15,24H,16-18H2,1-3H3,(H,29,32). The zero-order valence-corrected chi connectivity index (χ0v) is 19.9. The summed E-state index contributed by atoms with van der Waals surface area (Å²) in [5, 5.41) is 3.25. The van der Waals surface area contributed by atoms with Crippen molar-refractivity contribution in [2.24, 2.45) is 0 Å². The lowest BCUT2D eigenvalue weighted by Gasteiger charge is -2.31. The van der Waals surface area contributed by atoms with E-state index in [4.69, 9.17) is 16.3 Å². The number of hydrogen-bond donors (Lipinski definition) is 1. The van der Waals surface area contributed by atoms with Gasteiger partial charge in [0.05, 0.1) is 0 Å². The van der Waals surface area contributed by atoms with Crippen molar-refractivity contribution in [1.82, 2.24) is 10.2 Å². The summed E-state index contributed by atoms with van der Waals surface area (Å²) >= 11 is 6.39. The fourth-order valence-corrected chi connectivity index (χ4v) is 3.81. The zero-order valence-electron chi connectivity index (χ0n) is 19.2. The van der Waals surface area contributed by atoms with Crippen LogP contribution in [-0.2, 0) is 22.6 Å². The summed E-state index contributed by atoms with van der Waals surface area (Å²) in [6.07, 6.45) is 0.375. The number of benzene rings is 3. The minimum Gasteiger partial charge on any atom is -0.483 e. The monoisotopic (exact) mass is 464 g/mol. The second-order valence-electron chi connectivity index (χ2n) is 7.99. The van der Waals surface area contributed by atoms with Gasteiger partial charge in [0.25, 0.3) is 5.91 Å². The summed E-state index contributed by atoms with van der Waals surface area (Å²) in [4.78, 5) is 27.9. The molecule has 0 aliphatic carbocycles. The first-order chi connectivity index (χ1) is 15.9. The van der Waals surface area contributed by atoms with Gasteiger partial charge in [-0.2, -0.15) is 0 Å². The van der Waals surface area contributed by atoms with Gasteiger partial charge in [-0.25, -0.2) is 0 Å². The van der Waals surface area contributed by atoms with Crippen LogP contribution < -0.4 is 10.1 Å². The van der Waals surface area contributed by atoms with Crippen LogP contribution in [0.5, 0.6) is 5.75 Å². The number of halogens is 1. The molecular formula is C27H29ClN2O3. The van der Waals surface area contributed by atoms with Gasteiger partial charge in [0.1, 0.15) is 11.8 Å². The number of nitrogens with one attached hydrogen (secondary N) is 1. The van der Waals surface area contributed by atoms with Crippen LogP contribution in [0.1, 0.15) is 22.3 Å². The Labute approximate surface area is 200 Å². The first kappa shape index (κ1) is 24.3. The van der Waals surface area contributed by atoms with Crippen LogP contribution >= 0.6 is 11.6 Å². The molecule has 3 aromatic carbocycles. The second kappa shape index (κ2) is 11.5. The number of carbonyl (C=O) groups excluding carboxylic acids is 2. The number of rotatable bonds is 9. The summed E-state index contributed by atoms with van der Waals surface area (Å²) < 4.78 is 5.89. The van der Waals surface area contributed by atoms with Gasteiger partial charge in [0.15, 0.2) is 6.61 Å². The maximum Gasteiger partial charge on any atom is 0.261 e. The lowest BCUT2D eigenvalue weighted by molar-refractivity contribution is -0.142. The molecule has 1 N–H and O–H groups in total. The Bertz CT molecular complexity index is 1100. The minimum atomic E-state index is -0.719. The molecular weight excluding hydrogens is 436 g/mol. The molecule has 5 nitrogen and oxygen atoms in total. The number of amides is 2. The van der Waals surface area contributed by atoms with Gasteiger partial charge >= 0.3 is 0 Å². The van der Waals surface area contributed by atoms with E-state index in [1.807, 2.05) is 80.6 Å². The quantitative estimate of drug-likeness (QED) is 0.498. The molecule has 0 aliphatic heterocycles. The second-order valence-corrected chi connectivity index (χ2v) is 8.40. The van der Waals surface area contributed by atoms with Crippen molar-refractivity contribution < 1.29 is 14.3 Å². The molecule has 0 saturated carbocycles. The van der Waals surface area contributed by atoms with Crippen molar-refractivity contribution in [2.45, 2.75) is 32.9 Å². The summed E-state index contributed by atoms with van der Waals surface area (Å²) in [7, 11) is 1.57. The highest BCUT2D eigenvalue weighted by molar-refractivity contribution is 6.31. The van der Waals surface area contributed by atoms with Crippen LogP contribution in [-0.4, -0.2) is 36.4 Å². The highest BCUT2D eigenvalue weighted by Crippen LogP contribution is 2.22. The van der Waals surface area contributed by atoms with Crippen molar-refractivity contribution in [3.63, 3.8) is 0 Å². The fraction of sp³-hybridized carbons (Fsp3) is 0.259. The van der Waals surface area contributed by atoms with Crippen LogP contribution in [0, 0.1) is 13.8 Å². The fourth-order valence-electron chi connectivity index (χ4n) is 3.62. The van der Waals surface area contributed by atoms with Crippen molar-refractivity contribution in [3.05, 3.63) is 100 Å². The van der Waals surface area contributed by atoms with Gasteiger partial charge in [-0.3, -0.25) is 9.59 Å². The van der Waals surface area contributed by atoms with Gasteiger partial charge in [0, 0.05) is 25.0 Å². The van der Waals surface area contributed by atoms with Crippen LogP contribution in [0.2, 0.25) is 5.02 Å². The Hall–Kier alpha value is -3.31. The highest BCUT2D eigenvalue weighted by atomic mass is 35.5. The maximum absolute atomic E-state index is 13.5. The molecule has 172 valence electrons. The third kappa shape index (κ3) is 6.59. The molecule has 0 heterocycles. The average molecular weight is 465 g/mol. The molecule has 1 unspecified atom stereocenters. The SMILES string of the molecule is CNC(=O)C(Cc1ccccc1)N(Cc1ccccc1Cl)C(=O)COc1cc(C)ccc1C. The number of likely N-dealkylation sites (N-methyl/N-ethyl adjacent to an activating group) is 1. The van der Waals surface area contributed by atoms with Gasteiger partial charge in [0.2, 0.25) is 5.91 Å². The maximum atomic E-state index is 13.5. The molecule has 1 atom stereocenters.